The normalized spacial score (nSPS) is 35.0. The van der Waals surface area contributed by atoms with E-state index >= 15 is 0 Å². The fourth-order valence-corrected chi connectivity index (χ4v) is 1.93. The van der Waals surface area contributed by atoms with Crippen LogP contribution in [-0.2, 0) is 4.79 Å². The van der Waals surface area contributed by atoms with E-state index < -0.39 is 5.60 Å². The Balaban J connectivity index is 1.78. The van der Waals surface area contributed by atoms with Gasteiger partial charge in [0.2, 0.25) is 0 Å². The number of amides is 1. The fourth-order valence-electron chi connectivity index (χ4n) is 1.93. The lowest BCUT2D eigenvalue weighted by Gasteiger charge is -2.27. The third-order valence-electron chi connectivity index (χ3n) is 3.25. The van der Waals surface area contributed by atoms with Crippen LogP contribution in [0.15, 0.2) is 0 Å². The summed E-state index contributed by atoms with van der Waals surface area (Å²) in [5.41, 5.74) is 4.74. The van der Waals surface area contributed by atoms with E-state index in [-0.39, 0.29) is 11.9 Å². The first-order valence-corrected chi connectivity index (χ1v) is 5.39. The van der Waals surface area contributed by atoms with Gasteiger partial charge in [-0.2, -0.15) is 0 Å². The summed E-state index contributed by atoms with van der Waals surface area (Å²) in [7, 11) is 0. The topological polar surface area (TPSA) is 75.3 Å². The summed E-state index contributed by atoms with van der Waals surface area (Å²) < 4.78 is 0. The molecule has 0 saturated heterocycles. The van der Waals surface area contributed by atoms with Gasteiger partial charge in [-0.3, -0.25) is 4.79 Å². The van der Waals surface area contributed by atoms with Crippen LogP contribution in [0.2, 0.25) is 0 Å². The molecule has 4 heteroatoms. The number of nitrogens with one attached hydrogen (secondary N) is 1. The molecular formula is C10H18N2O2. The molecule has 80 valence electrons. The standard InChI is InChI=1S/C10H18N2O2/c11-7-1-3-8(4-2-7)12-9(13)10(14)5-6-10/h7-8,14H,1-6,11H2,(H,12,13). The summed E-state index contributed by atoms with van der Waals surface area (Å²) in [6, 6.07) is 0.527. The summed E-state index contributed by atoms with van der Waals surface area (Å²) >= 11 is 0. The van der Waals surface area contributed by atoms with E-state index in [1.165, 1.54) is 0 Å². The van der Waals surface area contributed by atoms with E-state index in [9.17, 15) is 9.90 Å². The average Bonchev–Trinajstić information content (AvgIpc) is 2.89. The van der Waals surface area contributed by atoms with E-state index in [4.69, 9.17) is 5.73 Å². The van der Waals surface area contributed by atoms with Gasteiger partial charge >= 0.3 is 0 Å². The summed E-state index contributed by atoms with van der Waals surface area (Å²) in [6.07, 6.45) is 5.08. The second-order valence-corrected chi connectivity index (χ2v) is 4.62. The smallest absolute Gasteiger partial charge is 0.252 e. The van der Waals surface area contributed by atoms with Crippen molar-refractivity contribution >= 4 is 5.91 Å². The molecule has 2 fully saturated rings. The lowest BCUT2D eigenvalue weighted by Crippen LogP contribution is -2.45. The van der Waals surface area contributed by atoms with Crippen molar-refractivity contribution in [2.24, 2.45) is 5.73 Å². The maximum absolute atomic E-state index is 11.5. The molecule has 2 aliphatic carbocycles. The van der Waals surface area contributed by atoms with Crippen LogP contribution in [0.25, 0.3) is 0 Å². The number of nitrogens with two attached hydrogens (primary N) is 1. The Hall–Kier alpha value is -0.610. The number of carbonyl (C=O) groups excluding carboxylic acids is 1. The number of aliphatic hydroxyl groups is 1. The maximum atomic E-state index is 11.5. The quantitative estimate of drug-likeness (QED) is 0.580. The minimum Gasteiger partial charge on any atom is -0.380 e. The molecule has 2 rings (SSSR count). The van der Waals surface area contributed by atoms with Gasteiger partial charge in [0.25, 0.3) is 5.91 Å². The summed E-state index contributed by atoms with van der Waals surface area (Å²) in [5, 5.41) is 12.4. The molecule has 0 spiro atoms. The Morgan fingerprint density at radius 2 is 1.86 bits per heavy atom. The Labute approximate surface area is 83.9 Å². The van der Waals surface area contributed by atoms with Gasteiger partial charge in [-0.15, -0.1) is 0 Å². The minimum atomic E-state index is -1.03. The molecule has 0 aromatic rings. The summed E-state index contributed by atoms with van der Waals surface area (Å²) in [5.74, 6) is -0.182. The maximum Gasteiger partial charge on any atom is 0.252 e. The molecule has 4 N–H and O–H groups in total. The van der Waals surface area contributed by atoms with Gasteiger partial charge in [-0.05, 0) is 38.5 Å². The Kier molecular flexibility index (Phi) is 2.49. The van der Waals surface area contributed by atoms with Gasteiger partial charge in [0.1, 0.15) is 5.60 Å². The molecule has 0 aromatic carbocycles. The average molecular weight is 198 g/mol. The Morgan fingerprint density at radius 1 is 1.29 bits per heavy atom. The Morgan fingerprint density at radius 3 is 2.36 bits per heavy atom. The number of rotatable bonds is 2. The number of hydrogen-bond acceptors (Lipinski definition) is 3. The largest absolute Gasteiger partial charge is 0.380 e. The zero-order valence-electron chi connectivity index (χ0n) is 8.33. The molecule has 4 nitrogen and oxygen atoms in total. The van der Waals surface area contributed by atoms with E-state index in [1.807, 2.05) is 0 Å². The molecule has 0 heterocycles. The van der Waals surface area contributed by atoms with Crippen LogP contribution in [0.1, 0.15) is 38.5 Å². The van der Waals surface area contributed by atoms with Crippen LogP contribution in [0.4, 0.5) is 0 Å². The third kappa shape index (κ3) is 2.07. The van der Waals surface area contributed by atoms with Crippen molar-refractivity contribution in [3.05, 3.63) is 0 Å². The van der Waals surface area contributed by atoms with E-state index in [1.54, 1.807) is 0 Å². The van der Waals surface area contributed by atoms with Crippen molar-refractivity contribution in [2.75, 3.05) is 0 Å². The molecule has 0 unspecified atom stereocenters. The van der Waals surface area contributed by atoms with Crippen molar-refractivity contribution in [2.45, 2.75) is 56.2 Å². The van der Waals surface area contributed by atoms with Crippen molar-refractivity contribution in [3.63, 3.8) is 0 Å². The van der Waals surface area contributed by atoms with E-state index in [2.05, 4.69) is 5.32 Å². The molecule has 0 bridgehead atoms. The monoisotopic (exact) mass is 198 g/mol. The first-order chi connectivity index (χ1) is 6.60. The highest BCUT2D eigenvalue weighted by Crippen LogP contribution is 2.35. The van der Waals surface area contributed by atoms with Crippen LogP contribution in [0.5, 0.6) is 0 Å². The zero-order valence-corrected chi connectivity index (χ0v) is 8.33. The van der Waals surface area contributed by atoms with Crippen molar-refractivity contribution in [1.29, 1.82) is 0 Å². The van der Waals surface area contributed by atoms with Gasteiger partial charge in [-0.1, -0.05) is 0 Å². The zero-order chi connectivity index (χ0) is 10.2. The van der Waals surface area contributed by atoms with Crippen LogP contribution in [0.3, 0.4) is 0 Å². The Bertz CT molecular complexity index is 230. The molecular weight excluding hydrogens is 180 g/mol. The first-order valence-electron chi connectivity index (χ1n) is 5.39. The molecule has 0 aromatic heterocycles. The van der Waals surface area contributed by atoms with Gasteiger partial charge < -0.3 is 16.2 Å². The first kappa shape index (κ1) is 9.93. The van der Waals surface area contributed by atoms with Crippen LogP contribution >= 0.6 is 0 Å². The molecule has 2 saturated carbocycles. The van der Waals surface area contributed by atoms with Crippen LogP contribution in [0, 0.1) is 0 Å². The highest BCUT2D eigenvalue weighted by Gasteiger charge is 2.48. The van der Waals surface area contributed by atoms with Gasteiger partial charge in [0.05, 0.1) is 0 Å². The number of carbonyl (C=O) groups is 1. The van der Waals surface area contributed by atoms with Crippen molar-refractivity contribution < 1.29 is 9.90 Å². The SMILES string of the molecule is NC1CCC(NC(=O)C2(O)CC2)CC1. The van der Waals surface area contributed by atoms with Gasteiger partial charge in [-0.25, -0.2) is 0 Å². The molecule has 1 amide bonds. The predicted octanol–water partition coefficient (Wildman–Crippen LogP) is -0.103. The number of hydrogen-bond donors (Lipinski definition) is 3. The van der Waals surface area contributed by atoms with Crippen LogP contribution in [-0.4, -0.2) is 28.7 Å². The van der Waals surface area contributed by atoms with Gasteiger partial charge in [0.15, 0.2) is 0 Å². The summed E-state index contributed by atoms with van der Waals surface area (Å²) in [4.78, 5) is 11.5. The lowest BCUT2D eigenvalue weighted by molar-refractivity contribution is -0.132. The highest BCUT2D eigenvalue weighted by molar-refractivity contribution is 5.87. The predicted molar refractivity (Wildman–Crippen MR) is 52.6 cm³/mol. The molecule has 0 aliphatic heterocycles. The van der Waals surface area contributed by atoms with E-state index in [0.29, 0.717) is 18.9 Å². The van der Waals surface area contributed by atoms with Crippen molar-refractivity contribution in [1.82, 2.24) is 5.32 Å². The van der Waals surface area contributed by atoms with Crippen molar-refractivity contribution in [3.8, 4) is 0 Å². The third-order valence-corrected chi connectivity index (χ3v) is 3.25. The minimum absolute atomic E-state index is 0.182. The lowest BCUT2D eigenvalue weighted by atomic mass is 9.91. The van der Waals surface area contributed by atoms with Crippen LogP contribution < -0.4 is 11.1 Å². The second-order valence-electron chi connectivity index (χ2n) is 4.62. The highest BCUT2D eigenvalue weighted by atomic mass is 16.3. The molecule has 0 radical (unpaired) electrons. The fraction of sp³-hybridized carbons (Fsp3) is 0.900. The molecule has 2 aliphatic rings. The second kappa shape index (κ2) is 3.51. The van der Waals surface area contributed by atoms with Gasteiger partial charge in [0, 0.05) is 12.1 Å². The molecule has 14 heavy (non-hydrogen) atoms. The summed E-state index contributed by atoms with van der Waals surface area (Å²) in [6.45, 7) is 0. The van der Waals surface area contributed by atoms with E-state index in [0.717, 1.165) is 25.7 Å². The molecule has 0 atom stereocenters.